The van der Waals surface area contributed by atoms with Crippen molar-refractivity contribution >= 4 is 43.4 Å². The van der Waals surface area contributed by atoms with Crippen molar-refractivity contribution in [1.82, 2.24) is 0 Å². The molecule has 3 unspecified atom stereocenters. The molecule has 0 bridgehead atoms. The summed E-state index contributed by atoms with van der Waals surface area (Å²) in [7, 11) is 0. The van der Waals surface area contributed by atoms with E-state index < -0.39 is 0 Å². The third-order valence-electron chi connectivity index (χ3n) is 12.0. The summed E-state index contributed by atoms with van der Waals surface area (Å²) in [4.78, 5) is 1.36. The van der Waals surface area contributed by atoms with Crippen molar-refractivity contribution in [2.75, 3.05) is 0 Å². The molecule has 6 heterocycles. The molecule has 238 valence electrons. The monoisotopic (exact) mass is 646 g/mol. The molecular formula is C44H42N2OS+2. The first-order valence-electron chi connectivity index (χ1n) is 17.5. The van der Waals surface area contributed by atoms with Crippen LogP contribution in [0.3, 0.4) is 0 Å². The molecule has 1 saturated carbocycles. The Morgan fingerprint density at radius 3 is 2.31 bits per heavy atom. The van der Waals surface area contributed by atoms with Gasteiger partial charge < -0.3 is 4.42 Å². The third-order valence-corrected chi connectivity index (χ3v) is 13.2. The highest BCUT2D eigenvalue weighted by Gasteiger charge is 2.86. The number of benzene rings is 3. The van der Waals surface area contributed by atoms with Gasteiger partial charge in [-0.1, -0.05) is 50.6 Å². The zero-order valence-electron chi connectivity index (χ0n) is 29.4. The Morgan fingerprint density at radius 2 is 1.52 bits per heavy atom. The quantitative estimate of drug-likeness (QED) is 0.163. The standard InChI is InChI=1S/C44H42N2OS/c1-22-10-11-30-33(16-22)38-42(45-20-24(3)23(2)17-35(30)45)44(38)34-15-14-31-32-13-12-29-26(5)27(6)48-41(29)40(32)47-39(31)37(34)36-18-28(19-43(7,8)9)25(4)21-46(36)44/h10-18,20-21,38,42H,19H2,1-9H3/q+2. The third kappa shape index (κ3) is 3.44. The van der Waals surface area contributed by atoms with E-state index in [2.05, 4.69) is 138 Å². The Bertz CT molecular complexity index is 2610. The second-order valence-electron chi connectivity index (χ2n) is 16.3. The molecule has 1 fully saturated rings. The van der Waals surface area contributed by atoms with Crippen LogP contribution in [0.2, 0.25) is 0 Å². The predicted molar refractivity (Wildman–Crippen MR) is 197 cm³/mol. The van der Waals surface area contributed by atoms with Gasteiger partial charge in [0.2, 0.25) is 17.4 Å². The van der Waals surface area contributed by atoms with Crippen molar-refractivity contribution in [3.63, 3.8) is 0 Å². The van der Waals surface area contributed by atoms with Crippen molar-refractivity contribution in [3.05, 3.63) is 116 Å². The largest absolute Gasteiger partial charge is 0.454 e. The van der Waals surface area contributed by atoms with Crippen LogP contribution in [0.25, 0.3) is 54.5 Å². The van der Waals surface area contributed by atoms with Crippen LogP contribution in [0.15, 0.2) is 71.4 Å². The Labute approximate surface area is 286 Å². The van der Waals surface area contributed by atoms with E-state index in [1.807, 2.05) is 11.3 Å². The second kappa shape index (κ2) is 9.03. The molecule has 7 aromatic rings. The summed E-state index contributed by atoms with van der Waals surface area (Å²) in [5.74, 6) is 0.320. The number of nitrogens with zero attached hydrogens (tertiary/aromatic N) is 2. The van der Waals surface area contributed by atoms with Gasteiger partial charge in [0, 0.05) is 44.5 Å². The number of thiophene rings is 1. The summed E-state index contributed by atoms with van der Waals surface area (Å²) < 4.78 is 13.7. The zero-order valence-corrected chi connectivity index (χ0v) is 30.2. The van der Waals surface area contributed by atoms with E-state index in [0.29, 0.717) is 5.92 Å². The Hall–Kier alpha value is -4.28. The normalized spacial score (nSPS) is 20.4. The van der Waals surface area contributed by atoms with Crippen LogP contribution in [0, 0.1) is 47.0 Å². The van der Waals surface area contributed by atoms with Gasteiger partial charge in [-0.05, 0) is 99.2 Å². The Kier molecular flexibility index (Phi) is 5.40. The fraction of sp³-hybridized carbons (Fsp3) is 0.318. The van der Waals surface area contributed by atoms with E-state index in [1.54, 1.807) is 0 Å². The maximum absolute atomic E-state index is 7.16. The predicted octanol–water partition coefficient (Wildman–Crippen LogP) is 10.6. The van der Waals surface area contributed by atoms with Gasteiger partial charge in [-0.15, -0.1) is 11.3 Å². The first-order valence-corrected chi connectivity index (χ1v) is 18.3. The lowest BCUT2D eigenvalue weighted by Gasteiger charge is -2.19. The lowest BCUT2D eigenvalue weighted by Crippen LogP contribution is -2.51. The molecule has 4 heteroatoms. The molecule has 1 spiro atoms. The minimum Gasteiger partial charge on any atom is -0.454 e. The van der Waals surface area contributed by atoms with E-state index in [4.69, 9.17) is 4.42 Å². The molecule has 0 saturated heterocycles. The highest BCUT2D eigenvalue weighted by molar-refractivity contribution is 7.20. The summed E-state index contributed by atoms with van der Waals surface area (Å²) in [6.07, 6.45) is 5.95. The van der Waals surface area contributed by atoms with Gasteiger partial charge in [-0.25, -0.2) is 0 Å². The number of aromatic nitrogens is 2. The van der Waals surface area contributed by atoms with Crippen molar-refractivity contribution in [3.8, 4) is 22.5 Å². The van der Waals surface area contributed by atoms with Crippen molar-refractivity contribution in [2.45, 2.75) is 86.2 Å². The fourth-order valence-electron chi connectivity index (χ4n) is 9.52. The maximum Gasteiger partial charge on any atom is 0.269 e. The highest BCUT2D eigenvalue weighted by atomic mass is 32.1. The van der Waals surface area contributed by atoms with Crippen LogP contribution in [0.5, 0.6) is 0 Å². The molecule has 1 aliphatic carbocycles. The maximum atomic E-state index is 7.16. The van der Waals surface area contributed by atoms with Crippen LogP contribution in [0.1, 0.15) is 82.1 Å². The summed E-state index contributed by atoms with van der Waals surface area (Å²) in [5, 5.41) is 3.75. The van der Waals surface area contributed by atoms with Crippen molar-refractivity contribution in [1.29, 1.82) is 0 Å². The number of rotatable bonds is 1. The molecule has 0 radical (unpaired) electrons. The van der Waals surface area contributed by atoms with E-state index in [9.17, 15) is 0 Å². The van der Waals surface area contributed by atoms with Crippen molar-refractivity contribution < 1.29 is 13.6 Å². The summed E-state index contributed by atoms with van der Waals surface area (Å²) >= 11 is 1.87. The fourth-order valence-corrected chi connectivity index (χ4v) is 10.7. The molecule has 48 heavy (non-hydrogen) atoms. The summed E-state index contributed by atoms with van der Waals surface area (Å²) in [6.45, 7) is 20.6. The zero-order chi connectivity index (χ0) is 33.2. The van der Waals surface area contributed by atoms with Gasteiger partial charge in [0.1, 0.15) is 11.5 Å². The minimum atomic E-state index is -0.242. The van der Waals surface area contributed by atoms with E-state index in [-0.39, 0.29) is 17.0 Å². The number of hydrogen-bond donors (Lipinski definition) is 0. The van der Waals surface area contributed by atoms with Gasteiger partial charge in [0.05, 0.1) is 15.8 Å². The lowest BCUT2D eigenvalue weighted by molar-refractivity contribution is -0.772. The van der Waals surface area contributed by atoms with E-state index in [0.717, 1.165) is 17.6 Å². The minimum absolute atomic E-state index is 0.183. The molecule has 3 aliphatic rings. The molecule has 3 atom stereocenters. The number of aryl methyl sites for hydroxylation is 6. The average molecular weight is 647 g/mol. The number of furan rings is 1. The molecule has 0 N–H and O–H groups in total. The molecule has 10 rings (SSSR count). The van der Waals surface area contributed by atoms with Crippen LogP contribution < -0.4 is 9.13 Å². The highest BCUT2D eigenvalue weighted by Crippen LogP contribution is 2.71. The molecule has 2 aliphatic heterocycles. The Balaban J connectivity index is 1.33. The van der Waals surface area contributed by atoms with Gasteiger partial charge in [0.15, 0.2) is 18.0 Å². The van der Waals surface area contributed by atoms with Crippen LogP contribution in [0.4, 0.5) is 0 Å². The van der Waals surface area contributed by atoms with Crippen LogP contribution in [-0.4, -0.2) is 0 Å². The molecular weight excluding hydrogens is 605 g/mol. The lowest BCUT2D eigenvalue weighted by atomic mass is 9.86. The van der Waals surface area contributed by atoms with Gasteiger partial charge in [-0.2, -0.15) is 9.13 Å². The van der Waals surface area contributed by atoms with Gasteiger partial charge >= 0.3 is 0 Å². The topological polar surface area (TPSA) is 20.9 Å². The Morgan fingerprint density at radius 1 is 0.771 bits per heavy atom. The van der Waals surface area contributed by atoms with Gasteiger partial charge in [-0.3, -0.25) is 0 Å². The first-order chi connectivity index (χ1) is 22.9. The van der Waals surface area contributed by atoms with Crippen molar-refractivity contribution in [2.24, 2.45) is 5.41 Å². The van der Waals surface area contributed by atoms with E-state index in [1.165, 1.54) is 92.8 Å². The molecule has 3 aromatic carbocycles. The molecule has 0 amide bonds. The summed E-state index contributed by atoms with van der Waals surface area (Å²) in [6, 6.07) is 21.8. The number of fused-ring (bicyclic) bond motifs is 19. The number of hydrogen-bond acceptors (Lipinski definition) is 2. The van der Waals surface area contributed by atoms with Crippen LogP contribution in [-0.2, 0) is 12.0 Å². The molecule has 3 nitrogen and oxygen atoms in total. The summed E-state index contributed by atoms with van der Waals surface area (Å²) in [5.41, 5.74) is 18.3. The smallest absolute Gasteiger partial charge is 0.269 e. The van der Waals surface area contributed by atoms with Gasteiger partial charge in [0.25, 0.3) is 5.54 Å². The van der Waals surface area contributed by atoms with Crippen LogP contribution >= 0.6 is 11.3 Å². The average Bonchev–Trinajstić information content (AvgIpc) is 3.28. The second-order valence-corrected chi connectivity index (χ2v) is 17.5. The number of pyridine rings is 2. The first kappa shape index (κ1) is 28.7. The van der Waals surface area contributed by atoms with E-state index >= 15 is 0 Å². The molecule has 4 aromatic heterocycles. The SMILES string of the molecule is Cc1ccc2c(c1)C1C([n+]3cc(C)c(C)cc3-2)C12c1ccc3c(oc4c3ccc3c(C)c(C)sc34)c1-c1cc(CC(C)(C)C)c(C)c[n+]12.